The third-order valence-corrected chi connectivity index (χ3v) is 6.49. The lowest BCUT2D eigenvalue weighted by Gasteiger charge is -2.15. The number of rotatable bonds is 9. The minimum atomic E-state index is -0.812. The maximum atomic E-state index is 13.4. The summed E-state index contributed by atoms with van der Waals surface area (Å²) in [6.07, 6.45) is 2.42. The number of aromatic nitrogens is 5. The van der Waals surface area contributed by atoms with E-state index in [4.69, 9.17) is 10.5 Å². The summed E-state index contributed by atoms with van der Waals surface area (Å²) in [5.41, 5.74) is 4.98. The number of Topliss-reactive ketones (excluding diaryl/α,β-unsaturated/α-hetero) is 1. The van der Waals surface area contributed by atoms with Gasteiger partial charge in [0.2, 0.25) is 0 Å². The first-order valence-electron chi connectivity index (χ1n) is 11.0. The molecule has 3 aromatic rings. The lowest BCUT2D eigenvalue weighted by molar-refractivity contribution is 0.0953. The SMILES string of the molecule is CCCn1c(N)c(C(=O)CSc2nnc(-c3ccc(F)cc3)n2C[C@@H]2CCCO2)c(=O)[nH]c1=O. The number of carbonyl (C=O) groups is 1. The molecule has 12 heteroatoms. The molecule has 1 aliphatic rings. The topological polar surface area (TPSA) is 138 Å². The number of anilines is 1. The Balaban J connectivity index is 1.61. The fraction of sp³-hybridized carbons (Fsp3) is 0.409. The van der Waals surface area contributed by atoms with Gasteiger partial charge in [0.15, 0.2) is 16.8 Å². The lowest BCUT2D eigenvalue weighted by Crippen LogP contribution is -2.36. The zero-order valence-electron chi connectivity index (χ0n) is 18.6. The summed E-state index contributed by atoms with van der Waals surface area (Å²) in [7, 11) is 0. The predicted molar refractivity (Wildman–Crippen MR) is 125 cm³/mol. The number of ether oxygens (including phenoxy) is 1. The number of hydrogen-bond acceptors (Lipinski definition) is 8. The number of benzene rings is 1. The van der Waals surface area contributed by atoms with Crippen molar-refractivity contribution in [2.45, 2.75) is 50.5 Å². The van der Waals surface area contributed by atoms with Gasteiger partial charge in [-0.25, -0.2) is 9.18 Å². The summed E-state index contributed by atoms with van der Waals surface area (Å²) in [6, 6.07) is 5.92. The maximum Gasteiger partial charge on any atom is 0.329 e. The number of nitrogens with one attached hydrogen (secondary N) is 1. The van der Waals surface area contributed by atoms with Crippen LogP contribution in [0, 0.1) is 5.82 Å². The van der Waals surface area contributed by atoms with Crippen molar-refractivity contribution in [3.8, 4) is 11.4 Å². The van der Waals surface area contributed by atoms with Crippen LogP contribution in [0.3, 0.4) is 0 Å². The average Bonchev–Trinajstić information content (AvgIpc) is 3.46. The minimum absolute atomic E-state index is 0.0265. The second kappa shape index (κ2) is 10.3. The van der Waals surface area contributed by atoms with E-state index in [-0.39, 0.29) is 35.6 Å². The Morgan fingerprint density at radius 1 is 1.26 bits per heavy atom. The highest BCUT2D eigenvalue weighted by Crippen LogP contribution is 2.27. The van der Waals surface area contributed by atoms with E-state index in [0.717, 1.165) is 24.6 Å². The summed E-state index contributed by atoms with van der Waals surface area (Å²) in [5, 5.41) is 8.95. The zero-order valence-corrected chi connectivity index (χ0v) is 19.4. The molecule has 3 heterocycles. The molecule has 1 atom stereocenters. The van der Waals surface area contributed by atoms with E-state index in [2.05, 4.69) is 15.2 Å². The van der Waals surface area contributed by atoms with Gasteiger partial charge < -0.3 is 10.5 Å². The molecule has 10 nitrogen and oxygen atoms in total. The van der Waals surface area contributed by atoms with Gasteiger partial charge in [-0.3, -0.25) is 23.7 Å². The van der Waals surface area contributed by atoms with Crippen molar-refractivity contribution in [1.82, 2.24) is 24.3 Å². The van der Waals surface area contributed by atoms with E-state index >= 15 is 0 Å². The predicted octanol–water partition coefficient (Wildman–Crippen LogP) is 2.08. The Labute approximate surface area is 198 Å². The third-order valence-electron chi connectivity index (χ3n) is 5.53. The van der Waals surface area contributed by atoms with E-state index in [9.17, 15) is 18.8 Å². The molecule has 4 rings (SSSR count). The van der Waals surface area contributed by atoms with Gasteiger partial charge in [-0.2, -0.15) is 0 Å². The molecule has 0 amide bonds. The first-order valence-corrected chi connectivity index (χ1v) is 12.0. The van der Waals surface area contributed by atoms with E-state index in [0.29, 0.717) is 36.1 Å². The Morgan fingerprint density at radius 2 is 2.03 bits per heavy atom. The van der Waals surface area contributed by atoms with Crippen LogP contribution in [0.1, 0.15) is 36.5 Å². The van der Waals surface area contributed by atoms with E-state index in [1.54, 1.807) is 12.1 Å². The van der Waals surface area contributed by atoms with Crippen molar-refractivity contribution in [1.29, 1.82) is 0 Å². The number of hydrogen-bond donors (Lipinski definition) is 2. The number of nitrogens with two attached hydrogens (primary N) is 1. The summed E-state index contributed by atoms with van der Waals surface area (Å²) >= 11 is 1.11. The first kappa shape index (κ1) is 23.9. The number of aromatic amines is 1. The normalized spacial score (nSPS) is 15.6. The highest BCUT2D eigenvalue weighted by Gasteiger charge is 2.24. The van der Waals surface area contributed by atoms with Gasteiger partial charge in [0, 0.05) is 18.7 Å². The summed E-state index contributed by atoms with van der Waals surface area (Å²) in [5.74, 6) is -0.636. The lowest BCUT2D eigenvalue weighted by atomic mass is 10.2. The molecule has 3 N–H and O–H groups in total. The molecule has 34 heavy (non-hydrogen) atoms. The Hall–Kier alpha value is -3.25. The molecule has 0 radical (unpaired) electrons. The standard InChI is InChI=1S/C22H25FN6O4S/c1-2-9-28-18(24)17(20(31)25-21(28)32)16(30)12-34-22-27-26-19(13-5-7-14(23)8-6-13)29(22)11-15-4-3-10-33-15/h5-8,15H,2-4,9-12,24H2,1H3,(H,25,31,32)/t15-/m0/s1. The minimum Gasteiger partial charge on any atom is -0.384 e. The van der Waals surface area contributed by atoms with Crippen molar-refractivity contribution in [3.63, 3.8) is 0 Å². The molecule has 0 aliphatic carbocycles. The van der Waals surface area contributed by atoms with Crippen LogP contribution < -0.4 is 17.0 Å². The molecule has 1 aromatic carbocycles. The fourth-order valence-electron chi connectivity index (χ4n) is 3.87. The van der Waals surface area contributed by atoms with Gasteiger partial charge in [0.05, 0.1) is 18.4 Å². The number of nitrogen functional groups attached to an aromatic ring is 1. The molecule has 1 saturated heterocycles. The fourth-order valence-corrected chi connectivity index (χ4v) is 4.69. The van der Waals surface area contributed by atoms with Crippen LogP contribution in [-0.4, -0.2) is 48.6 Å². The Kier molecular flexibility index (Phi) is 7.27. The van der Waals surface area contributed by atoms with Gasteiger partial charge in [0.25, 0.3) is 5.56 Å². The molecule has 0 unspecified atom stereocenters. The van der Waals surface area contributed by atoms with Gasteiger partial charge >= 0.3 is 5.69 Å². The van der Waals surface area contributed by atoms with Crippen molar-refractivity contribution >= 4 is 23.4 Å². The van der Waals surface area contributed by atoms with Gasteiger partial charge in [-0.15, -0.1) is 10.2 Å². The second-order valence-corrected chi connectivity index (χ2v) is 8.88. The highest BCUT2D eigenvalue weighted by atomic mass is 32.2. The van der Waals surface area contributed by atoms with Crippen LogP contribution in [0.25, 0.3) is 11.4 Å². The van der Waals surface area contributed by atoms with Crippen molar-refractivity contribution < 1.29 is 13.9 Å². The molecular weight excluding hydrogens is 463 g/mol. The summed E-state index contributed by atoms with van der Waals surface area (Å²) in [6.45, 7) is 3.29. The van der Waals surface area contributed by atoms with Crippen LogP contribution in [0.4, 0.5) is 10.2 Å². The molecule has 0 saturated carbocycles. The largest absolute Gasteiger partial charge is 0.384 e. The quantitative estimate of drug-likeness (QED) is 0.345. The Morgan fingerprint density at radius 3 is 2.71 bits per heavy atom. The van der Waals surface area contributed by atoms with Crippen molar-refractivity contribution in [2.75, 3.05) is 18.1 Å². The monoisotopic (exact) mass is 488 g/mol. The van der Waals surface area contributed by atoms with E-state index < -0.39 is 17.0 Å². The smallest absolute Gasteiger partial charge is 0.329 e. The number of carbonyl (C=O) groups excluding carboxylic acids is 1. The number of H-pyrrole nitrogens is 1. The van der Waals surface area contributed by atoms with Crippen LogP contribution in [-0.2, 0) is 17.8 Å². The molecule has 2 aromatic heterocycles. The molecule has 0 bridgehead atoms. The van der Waals surface area contributed by atoms with Gasteiger partial charge in [-0.1, -0.05) is 18.7 Å². The molecule has 1 aliphatic heterocycles. The number of halogens is 1. The highest BCUT2D eigenvalue weighted by molar-refractivity contribution is 7.99. The van der Waals surface area contributed by atoms with Crippen LogP contribution in [0.5, 0.6) is 0 Å². The molecule has 1 fully saturated rings. The molecule has 0 spiro atoms. The number of ketones is 1. The van der Waals surface area contributed by atoms with Gasteiger partial charge in [0.1, 0.15) is 17.2 Å². The van der Waals surface area contributed by atoms with Crippen LogP contribution >= 0.6 is 11.8 Å². The summed E-state index contributed by atoms with van der Waals surface area (Å²) < 4.78 is 22.2. The molecule has 180 valence electrons. The average molecular weight is 489 g/mol. The molecular formula is C22H25FN6O4S. The van der Waals surface area contributed by atoms with Gasteiger partial charge in [-0.05, 0) is 43.5 Å². The van der Waals surface area contributed by atoms with Crippen LogP contribution in [0.2, 0.25) is 0 Å². The zero-order chi connectivity index (χ0) is 24.2. The van der Waals surface area contributed by atoms with E-state index in [1.807, 2.05) is 11.5 Å². The van der Waals surface area contributed by atoms with Crippen LogP contribution in [0.15, 0.2) is 39.0 Å². The second-order valence-electron chi connectivity index (χ2n) is 7.94. The van der Waals surface area contributed by atoms with Crippen molar-refractivity contribution in [2.24, 2.45) is 0 Å². The summed E-state index contributed by atoms with van der Waals surface area (Å²) in [4.78, 5) is 39.5. The first-order chi connectivity index (χ1) is 16.4. The Bertz CT molecular complexity index is 1290. The maximum absolute atomic E-state index is 13.4. The number of nitrogens with zero attached hydrogens (tertiary/aromatic N) is 4. The van der Waals surface area contributed by atoms with E-state index in [1.165, 1.54) is 16.7 Å². The number of thioether (sulfide) groups is 1. The third kappa shape index (κ3) is 4.97. The van der Waals surface area contributed by atoms with Crippen molar-refractivity contribution in [3.05, 3.63) is 56.5 Å².